The van der Waals surface area contributed by atoms with Crippen LogP contribution in [0.25, 0.3) is 0 Å². The molecule has 0 unspecified atom stereocenters. The Bertz CT molecular complexity index is 1400. The van der Waals surface area contributed by atoms with E-state index in [0.29, 0.717) is 41.2 Å². The zero-order valence-corrected chi connectivity index (χ0v) is 21.2. The number of nitrogens with zero attached hydrogens (tertiary/aromatic N) is 4. The quantitative estimate of drug-likeness (QED) is 0.354. The van der Waals surface area contributed by atoms with Crippen LogP contribution in [0.2, 0.25) is 5.02 Å². The van der Waals surface area contributed by atoms with Gasteiger partial charge < -0.3 is 20.3 Å². The van der Waals surface area contributed by atoms with Crippen molar-refractivity contribution in [2.75, 3.05) is 23.9 Å². The van der Waals surface area contributed by atoms with Crippen molar-refractivity contribution >= 4 is 29.3 Å². The van der Waals surface area contributed by atoms with Crippen molar-refractivity contribution in [3.05, 3.63) is 106 Å². The van der Waals surface area contributed by atoms with E-state index in [1.54, 1.807) is 19.5 Å². The van der Waals surface area contributed by atoms with Crippen molar-refractivity contribution < 1.29 is 9.53 Å². The maximum Gasteiger partial charge on any atom is 0.256 e. The van der Waals surface area contributed by atoms with Gasteiger partial charge in [0.2, 0.25) is 5.95 Å². The molecule has 1 aliphatic heterocycles. The Hall–Kier alpha value is -4.17. The van der Waals surface area contributed by atoms with Gasteiger partial charge in [0.05, 0.1) is 24.4 Å². The van der Waals surface area contributed by atoms with Gasteiger partial charge in [-0.2, -0.15) is 4.98 Å². The number of pyridine rings is 1. The summed E-state index contributed by atoms with van der Waals surface area (Å²) in [4.78, 5) is 28.9. The number of ether oxygens (including phenoxy) is 1. The van der Waals surface area contributed by atoms with Crippen molar-refractivity contribution in [2.24, 2.45) is 0 Å². The first kappa shape index (κ1) is 24.5. The van der Waals surface area contributed by atoms with E-state index in [-0.39, 0.29) is 5.91 Å². The number of rotatable bonds is 8. The zero-order chi connectivity index (χ0) is 25.6. The molecule has 0 saturated carbocycles. The molecule has 0 saturated heterocycles. The minimum Gasteiger partial charge on any atom is -0.495 e. The van der Waals surface area contributed by atoms with Gasteiger partial charge in [0.25, 0.3) is 5.91 Å². The van der Waals surface area contributed by atoms with E-state index in [2.05, 4.69) is 43.7 Å². The lowest BCUT2D eigenvalue weighted by molar-refractivity contribution is 0.0950. The average molecular weight is 515 g/mol. The molecule has 5 rings (SSSR count). The second kappa shape index (κ2) is 11.3. The van der Waals surface area contributed by atoms with E-state index >= 15 is 0 Å². The lowest BCUT2D eigenvalue weighted by Crippen LogP contribution is -2.32. The largest absolute Gasteiger partial charge is 0.495 e. The molecule has 2 aromatic heterocycles. The molecule has 8 nitrogen and oxygen atoms in total. The molecule has 37 heavy (non-hydrogen) atoms. The molecule has 188 valence electrons. The fraction of sp³-hybridized carbons (Fsp3) is 0.214. The molecule has 0 atom stereocenters. The highest BCUT2D eigenvalue weighted by Gasteiger charge is 2.21. The van der Waals surface area contributed by atoms with Gasteiger partial charge in [0.15, 0.2) is 0 Å². The number of halogens is 1. The van der Waals surface area contributed by atoms with Crippen molar-refractivity contribution in [1.82, 2.24) is 20.3 Å². The fourth-order valence-electron chi connectivity index (χ4n) is 4.27. The molecule has 0 bridgehead atoms. The van der Waals surface area contributed by atoms with E-state index in [0.717, 1.165) is 30.8 Å². The van der Waals surface area contributed by atoms with Gasteiger partial charge in [0, 0.05) is 32.0 Å². The standard InChI is InChI=1S/C28H27ClN6O2/c1-37-25-10-9-19(14-24(25)29)15-31-26-23(27(36)32-16-22-8-4-5-12-30-22)17-33-28(34-26)35-13-11-20-6-2-3-7-21(20)18-35/h2-10,12,14,17H,11,13,15-16,18H2,1H3,(H,32,36)(H,31,33,34). The number of carbonyl (C=O) groups excluding carboxylic acids is 1. The highest BCUT2D eigenvalue weighted by Crippen LogP contribution is 2.27. The Morgan fingerprint density at radius 1 is 1.05 bits per heavy atom. The molecule has 0 spiro atoms. The minimum atomic E-state index is -0.281. The summed E-state index contributed by atoms with van der Waals surface area (Å²) in [5.41, 5.74) is 4.66. The van der Waals surface area contributed by atoms with Crippen LogP contribution in [0.5, 0.6) is 5.75 Å². The van der Waals surface area contributed by atoms with E-state index in [4.69, 9.17) is 21.3 Å². The van der Waals surface area contributed by atoms with Gasteiger partial charge in [-0.05, 0) is 47.4 Å². The van der Waals surface area contributed by atoms with Gasteiger partial charge in [-0.1, -0.05) is 48.0 Å². The molecular weight excluding hydrogens is 488 g/mol. The molecule has 2 aromatic carbocycles. The number of anilines is 2. The van der Waals surface area contributed by atoms with Crippen molar-refractivity contribution in [2.45, 2.75) is 26.1 Å². The highest BCUT2D eigenvalue weighted by atomic mass is 35.5. The van der Waals surface area contributed by atoms with E-state index in [1.807, 2.05) is 42.5 Å². The summed E-state index contributed by atoms with van der Waals surface area (Å²) in [6.45, 7) is 2.24. The van der Waals surface area contributed by atoms with Gasteiger partial charge in [0.1, 0.15) is 17.1 Å². The first-order valence-corrected chi connectivity index (χ1v) is 12.4. The van der Waals surface area contributed by atoms with Crippen LogP contribution in [0.3, 0.4) is 0 Å². The second-order valence-electron chi connectivity index (χ2n) is 8.70. The van der Waals surface area contributed by atoms with Crippen LogP contribution < -0.4 is 20.3 Å². The molecule has 1 amide bonds. The van der Waals surface area contributed by atoms with Crippen molar-refractivity contribution in [3.63, 3.8) is 0 Å². The third-order valence-corrected chi connectivity index (χ3v) is 6.56. The van der Waals surface area contributed by atoms with E-state index < -0.39 is 0 Å². The Morgan fingerprint density at radius 2 is 1.89 bits per heavy atom. The molecule has 0 radical (unpaired) electrons. The zero-order valence-electron chi connectivity index (χ0n) is 20.4. The Labute approximate surface area is 220 Å². The lowest BCUT2D eigenvalue weighted by atomic mass is 10.0. The van der Waals surface area contributed by atoms with Crippen LogP contribution >= 0.6 is 11.6 Å². The van der Waals surface area contributed by atoms with Crippen LogP contribution in [-0.2, 0) is 26.1 Å². The SMILES string of the molecule is COc1ccc(CNc2nc(N3CCc4ccccc4C3)ncc2C(=O)NCc2ccccn2)cc1Cl. The molecular formula is C28H27ClN6O2. The number of fused-ring (bicyclic) bond motifs is 1. The van der Waals surface area contributed by atoms with Crippen LogP contribution in [0, 0.1) is 0 Å². The summed E-state index contributed by atoms with van der Waals surface area (Å²) < 4.78 is 5.25. The number of amides is 1. The molecule has 2 N–H and O–H groups in total. The normalized spacial score (nSPS) is 12.5. The Morgan fingerprint density at radius 3 is 2.68 bits per heavy atom. The predicted molar refractivity (Wildman–Crippen MR) is 144 cm³/mol. The van der Waals surface area contributed by atoms with E-state index in [9.17, 15) is 4.79 Å². The summed E-state index contributed by atoms with van der Waals surface area (Å²) >= 11 is 6.31. The van der Waals surface area contributed by atoms with Gasteiger partial charge >= 0.3 is 0 Å². The van der Waals surface area contributed by atoms with Crippen LogP contribution in [0.15, 0.2) is 73.1 Å². The maximum absolute atomic E-state index is 13.1. The van der Waals surface area contributed by atoms with Crippen molar-refractivity contribution in [1.29, 1.82) is 0 Å². The van der Waals surface area contributed by atoms with Crippen LogP contribution in [0.1, 0.15) is 32.7 Å². The van der Waals surface area contributed by atoms with Gasteiger partial charge in [-0.3, -0.25) is 9.78 Å². The smallest absolute Gasteiger partial charge is 0.256 e. The number of aromatic nitrogens is 3. The minimum absolute atomic E-state index is 0.281. The topological polar surface area (TPSA) is 92.3 Å². The van der Waals surface area contributed by atoms with E-state index in [1.165, 1.54) is 11.1 Å². The summed E-state index contributed by atoms with van der Waals surface area (Å²) in [6.07, 6.45) is 4.20. The molecule has 3 heterocycles. The van der Waals surface area contributed by atoms with Gasteiger partial charge in [-0.25, -0.2) is 4.98 Å². The summed E-state index contributed by atoms with van der Waals surface area (Å²) in [5.74, 6) is 1.35. The number of hydrogen-bond acceptors (Lipinski definition) is 7. The number of hydrogen-bond donors (Lipinski definition) is 2. The molecule has 4 aromatic rings. The first-order valence-electron chi connectivity index (χ1n) is 12.0. The Balaban J connectivity index is 1.38. The lowest BCUT2D eigenvalue weighted by Gasteiger charge is -2.29. The Kier molecular flexibility index (Phi) is 7.46. The van der Waals surface area contributed by atoms with Gasteiger partial charge in [-0.15, -0.1) is 0 Å². The summed E-state index contributed by atoms with van der Waals surface area (Å²) in [7, 11) is 1.58. The second-order valence-corrected chi connectivity index (χ2v) is 9.11. The predicted octanol–water partition coefficient (Wildman–Crippen LogP) is 4.64. The number of methoxy groups -OCH3 is 1. The third-order valence-electron chi connectivity index (χ3n) is 6.27. The highest BCUT2D eigenvalue weighted by molar-refractivity contribution is 6.32. The molecule has 9 heteroatoms. The number of benzene rings is 2. The number of carbonyl (C=O) groups is 1. The fourth-order valence-corrected chi connectivity index (χ4v) is 4.55. The van der Waals surface area contributed by atoms with Crippen LogP contribution in [-0.4, -0.2) is 34.5 Å². The van der Waals surface area contributed by atoms with Crippen molar-refractivity contribution in [3.8, 4) is 5.75 Å². The third kappa shape index (κ3) is 5.81. The van der Waals surface area contributed by atoms with Crippen LogP contribution in [0.4, 0.5) is 11.8 Å². The average Bonchev–Trinajstić information content (AvgIpc) is 2.95. The molecule has 1 aliphatic rings. The maximum atomic E-state index is 13.1. The number of nitrogens with one attached hydrogen (secondary N) is 2. The first-order chi connectivity index (χ1) is 18.1. The summed E-state index contributed by atoms with van der Waals surface area (Å²) in [6, 6.07) is 19.6. The molecule has 0 aliphatic carbocycles. The summed E-state index contributed by atoms with van der Waals surface area (Å²) in [5, 5.41) is 6.75. The molecule has 0 fully saturated rings. The monoisotopic (exact) mass is 514 g/mol.